The lowest BCUT2D eigenvalue weighted by Crippen LogP contribution is -2.13. The van der Waals surface area contributed by atoms with Crippen molar-refractivity contribution in [2.75, 3.05) is 11.5 Å². The molecule has 1 heterocycles. The molecule has 124 valence electrons. The highest BCUT2D eigenvalue weighted by Gasteiger charge is 2.13. The fourth-order valence-corrected chi connectivity index (χ4v) is 6.03. The van der Waals surface area contributed by atoms with E-state index in [0.717, 1.165) is 14.9 Å². The van der Waals surface area contributed by atoms with Crippen molar-refractivity contribution in [1.29, 1.82) is 0 Å². The zero-order valence-electron chi connectivity index (χ0n) is 12.2. The molecule has 0 spiro atoms. The summed E-state index contributed by atoms with van der Waals surface area (Å²) in [6.45, 7) is 1.85. The predicted octanol–water partition coefficient (Wildman–Crippen LogP) is 3.69. The van der Waals surface area contributed by atoms with Crippen LogP contribution in [0.3, 0.4) is 0 Å². The molecule has 0 fully saturated rings. The number of nitrogens with zero attached hydrogens (tertiary/aromatic N) is 1. The Bertz CT molecular complexity index is 750. The number of primary amides is 1. The van der Waals surface area contributed by atoms with Gasteiger partial charge in [-0.25, -0.2) is 4.98 Å². The van der Waals surface area contributed by atoms with E-state index in [4.69, 9.17) is 28.9 Å². The first-order valence-electron chi connectivity index (χ1n) is 6.57. The van der Waals surface area contributed by atoms with Gasteiger partial charge in [0.1, 0.15) is 4.34 Å². The number of thioether (sulfide) groups is 1. The Morgan fingerprint density at radius 1 is 1.43 bits per heavy atom. The average Bonchev–Trinajstić information content (AvgIpc) is 2.81. The predicted molar refractivity (Wildman–Crippen MR) is 98.2 cm³/mol. The van der Waals surface area contributed by atoms with Gasteiger partial charge in [-0.1, -0.05) is 35.0 Å². The van der Waals surface area contributed by atoms with Crippen molar-refractivity contribution < 1.29 is 9.00 Å². The Morgan fingerprint density at radius 3 is 2.87 bits per heavy atom. The summed E-state index contributed by atoms with van der Waals surface area (Å²) in [6.07, 6.45) is 0.202. The number of nitrogens with two attached hydrogens (primary N) is 1. The molecule has 0 bridgehead atoms. The highest BCUT2D eigenvalue weighted by atomic mass is 35.5. The molecule has 0 radical (unpaired) electrons. The van der Waals surface area contributed by atoms with Gasteiger partial charge in [0.15, 0.2) is 0 Å². The molecular formula is C14H14Cl2N2O2S3. The fraction of sp³-hybridized carbons (Fsp3) is 0.286. The zero-order valence-corrected chi connectivity index (χ0v) is 16.1. The van der Waals surface area contributed by atoms with Crippen LogP contribution in [0.1, 0.15) is 10.6 Å². The summed E-state index contributed by atoms with van der Waals surface area (Å²) in [5.74, 6) is 0.692. The summed E-state index contributed by atoms with van der Waals surface area (Å²) in [5.41, 5.74) is 6.02. The number of amides is 1. The minimum absolute atomic E-state index is 0.202. The van der Waals surface area contributed by atoms with E-state index in [-0.39, 0.29) is 12.3 Å². The van der Waals surface area contributed by atoms with Crippen molar-refractivity contribution in [3.05, 3.63) is 38.8 Å². The third-order valence-corrected chi connectivity index (χ3v) is 7.48. The Kier molecular flexibility index (Phi) is 6.91. The van der Waals surface area contributed by atoms with Crippen molar-refractivity contribution in [2.24, 2.45) is 5.73 Å². The van der Waals surface area contributed by atoms with Gasteiger partial charge in [-0.15, -0.1) is 11.3 Å². The number of hydrogen-bond donors (Lipinski definition) is 1. The van der Waals surface area contributed by atoms with Gasteiger partial charge in [0.05, 0.1) is 32.8 Å². The van der Waals surface area contributed by atoms with Gasteiger partial charge in [0.25, 0.3) is 0 Å². The van der Waals surface area contributed by atoms with Gasteiger partial charge < -0.3 is 5.73 Å². The number of hydrogen-bond acceptors (Lipinski definition) is 5. The summed E-state index contributed by atoms with van der Waals surface area (Å²) in [4.78, 5) is 16.8. The summed E-state index contributed by atoms with van der Waals surface area (Å²) in [7, 11) is -1.22. The van der Waals surface area contributed by atoms with Crippen LogP contribution in [-0.4, -0.2) is 26.6 Å². The SMILES string of the molecule is Cc1nc(SCCS(=O)c2cc(Cl)ccc2Cl)sc1CC(N)=O. The number of carbonyl (C=O) groups excluding carboxylic acids is 1. The van der Waals surface area contributed by atoms with Crippen LogP contribution in [0.2, 0.25) is 10.0 Å². The van der Waals surface area contributed by atoms with Crippen LogP contribution in [0.4, 0.5) is 0 Å². The second kappa shape index (κ2) is 8.48. The molecule has 2 N–H and O–H groups in total. The molecule has 4 nitrogen and oxygen atoms in total. The lowest BCUT2D eigenvalue weighted by atomic mass is 10.3. The maximum atomic E-state index is 12.3. The normalized spacial score (nSPS) is 12.3. The molecule has 9 heteroatoms. The van der Waals surface area contributed by atoms with Crippen LogP contribution in [-0.2, 0) is 22.0 Å². The second-order valence-electron chi connectivity index (χ2n) is 4.60. The summed E-state index contributed by atoms with van der Waals surface area (Å²) in [5, 5.41) is 0.962. The van der Waals surface area contributed by atoms with E-state index in [2.05, 4.69) is 4.98 Å². The van der Waals surface area contributed by atoms with E-state index < -0.39 is 10.8 Å². The van der Waals surface area contributed by atoms with Crippen LogP contribution in [0.5, 0.6) is 0 Å². The third kappa shape index (κ3) is 5.46. The molecule has 2 rings (SSSR count). The molecule has 1 unspecified atom stereocenters. The molecule has 2 aromatic rings. The fourth-order valence-electron chi connectivity index (χ4n) is 1.75. The molecule has 1 atom stereocenters. The van der Waals surface area contributed by atoms with Crippen LogP contribution < -0.4 is 5.73 Å². The highest BCUT2D eigenvalue weighted by Crippen LogP contribution is 2.29. The van der Waals surface area contributed by atoms with E-state index in [1.165, 1.54) is 23.1 Å². The standard InChI is InChI=1S/C14H14Cl2N2O2S3/c1-8-11(7-13(17)19)22-14(18-8)21-4-5-23(20)12-6-9(15)2-3-10(12)16/h2-3,6H,4-5,7H2,1H3,(H2,17,19). The van der Waals surface area contributed by atoms with E-state index in [1.54, 1.807) is 18.2 Å². The molecule has 1 aromatic carbocycles. The van der Waals surface area contributed by atoms with Gasteiger partial charge in [0.2, 0.25) is 5.91 Å². The molecule has 23 heavy (non-hydrogen) atoms. The van der Waals surface area contributed by atoms with Gasteiger partial charge >= 0.3 is 0 Å². The summed E-state index contributed by atoms with van der Waals surface area (Å²) < 4.78 is 13.1. The Hall–Kier alpha value is -0.600. The Labute approximate surface area is 155 Å². The lowest BCUT2D eigenvalue weighted by Gasteiger charge is -2.04. The Balaban J connectivity index is 1.93. The summed E-state index contributed by atoms with van der Waals surface area (Å²) >= 11 is 14.9. The van der Waals surface area contributed by atoms with Crippen molar-refractivity contribution in [2.45, 2.75) is 22.6 Å². The van der Waals surface area contributed by atoms with Crippen LogP contribution >= 0.6 is 46.3 Å². The molecular weight excluding hydrogens is 395 g/mol. The van der Waals surface area contributed by atoms with Gasteiger partial charge in [-0.05, 0) is 25.1 Å². The van der Waals surface area contributed by atoms with Crippen molar-refractivity contribution >= 4 is 63.0 Å². The van der Waals surface area contributed by atoms with Crippen LogP contribution in [0.15, 0.2) is 27.4 Å². The van der Waals surface area contributed by atoms with E-state index in [9.17, 15) is 9.00 Å². The number of aryl methyl sites for hydroxylation is 1. The van der Waals surface area contributed by atoms with Crippen molar-refractivity contribution in [3.63, 3.8) is 0 Å². The number of carbonyl (C=O) groups is 1. The summed E-state index contributed by atoms with van der Waals surface area (Å²) in [6, 6.07) is 4.94. The monoisotopic (exact) mass is 408 g/mol. The van der Waals surface area contributed by atoms with Crippen molar-refractivity contribution in [3.8, 4) is 0 Å². The number of rotatable bonds is 7. The first-order chi connectivity index (χ1) is 10.9. The molecule has 1 aromatic heterocycles. The largest absolute Gasteiger partial charge is 0.369 e. The topological polar surface area (TPSA) is 73.1 Å². The molecule has 0 saturated heterocycles. The average molecular weight is 409 g/mol. The van der Waals surface area contributed by atoms with E-state index in [0.29, 0.717) is 26.4 Å². The van der Waals surface area contributed by atoms with Crippen molar-refractivity contribution in [1.82, 2.24) is 4.98 Å². The molecule has 0 aliphatic heterocycles. The first kappa shape index (κ1) is 18.7. The highest BCUT2D eigenvalue weighted by molar-refractivity contribution is 8.01. The zero-order chi connectivity index (χ0) is 17.0. The minimum atomic E-state index is -1.22. The smallest absolute Gasteiger partial charge is 0.222 e. The number of thiazole rings is 1. The number of aromatic nitrogens is 1. The molecule has 1 amide bonds. The quantitative estimate of drug-likeness (QED) is 0.708. The van der Waals surface area contributed by atoms with E-state index >= 15 is 0 Å². The lowest BCUT2D eigenvalue weighted by molar-refractivity contribution is -0.117. The number of benzene rings is 1. The van der Waals surface area contributed by atoms with Gasteiger partial charge in [-0.3, -0.25) is 9.00 Å². The maximum Gasteiger partial charge on any atom is 0.222 e. The molecule has 0 saturated carbocycles. The van der Waals surface area contributed by atoms with E-state index in [1.807, 2.05) is 6.92 Å². The first-order valence-corrected chi connectivity index (χ1v) is 10.5. The van der Waals surface area contributed by atoms with Gasteiger partial charge in [0, 0.05) is 21.4 Å². The maximum absolute atomic E-state index is 12.3. The van der Waals surface area contributed by atoms with Gasteiger partial charge in [-0.2, -0.15) is 0 Å². The Morgan fingerprint density at radius 2 is 2.17 bits per heavy atom. The second-order valence-corrected chi connectivity index (χ2v) is 9.41. The van der Waals surface area contributed by atoms with Crippen LogP contribution in [0, 0.1) is 6.92 Å². The number of halogens is 2. The minimum Gasteiger partial charge on any atom is -0.369 e. The van der Waals surface area contributed by atoms with Crippen LogP contribution in [0.25, 0.3) is 0 Å². The third-order valence-electron chi connectivity index (χ3n) is 2.84. The molecule has 0 aliphatic carbocycles. The molecule has 0 aliphatic rings.